The third-order valence-corrected chi connectivity index (χ3v) is 2.41. The summed E-state index contributed by atoms with van der Waals surface area (Å²) >= 11 is 0. The van der Waals surface area contributed by atoms with E-state index in [0.29, 0.717) is 6.54 Å². The molecule has 1 aromatic rings. The van der Waals surface area contributed by atoms with Crippen molar-refractivity contribution in [2.24, 2.45) is 0 Å². The molecule has 0 heterocycles. The van der Waals surface area contributed by atoms with E-state index in [1.165, 1.54) is 0 Å². The highest BCUT2D eigenvalue weighted by molar-refractivity contribution is 5.66. The van der Waals surface area contributed by atoms with Gasteiger partial charge in [-0.15, -0.1) is 0 Å². The highest BCUT2D eigenvalue weighted by atomic mass is 16.6. The van der Waals surface area contributed by atoms with E-state index in [0.717, 1.165) is 5.56 Å². The minimum atomic E-state index is -0.513. The molecule has 0 bridgehead atoms. The first kappa shape index (κ1) is 14.5. The van der Waals surface area contributed by atoms with Gasteiger partial charge in [0.15, 0.2) is 0 Å². The highest BCUT2D eigenvalue weighted by Crippen LogP contribution is 2.01. The predicted molar refractivity (Wildman–Crippen MR) is 68.7 cm³/mol. The summed E-state index contributed by atoms with van der Waals surface area (Å²) in [5, 5.41) is 10.5. The average molecular weight is 252 g/mol. The summed E-state index contributed by atoms with van der Waals surface area (Å²) in [6.45, 7) is 4.44. The Labute approximate surface area is 107 Å². The molecule has 1 rings (SSSR count). The fourth-order valence-corrected chi connectivity index (χ4v) is 1.42. The summed E-state index contributed by atoms with van der Waals surface area (Å²) < 4.78 is 5.08. The van der Waals surface area contributed by atoms with Crippen LogP contribution >= 0.6 is 0 Å². The molecule has 0 aliphatic rings. The molecule has 0 saturated heterocycles. The van der Waals surface area contributed by atoms with Gasteiger partial charge in [-0.05, 0) is 19.4 Å². The molecule has 5 heteroatoms. The third kappa shape index (κ3) is 5.16. The van der Waals surface area contributed by atoms with Crippen LogP contribution in [0.2, 0.25) is 0 Å². The van der Waals surface area contributed by atoms with Crippen LogP contribution in [0.1, 0.15) is 19.4 Å². The van der Waals surface area contributed by atoms with Gasteiger partial charge in [-0.1, -0.05) is 30.3 Å². The Hall–Kier alpha value is -1.59. The average Bonchev–Trinajstić information content (AvgIpc) is 2.37. The number of rotatable bonds is 6. The van der Waals surface area contributed by atoms with Crippen molar-refractivity contribution in [3.8, 4) is 0 Å². The van der Waals surface area contributed by atoms with Crippen LogP contribution in [0.25, 0.3) is 0 Å². The SMILES string of the molecule is CC(C)N(CCO)NC(=O)OCc1ccccc1. The van der Waals surface area contributed by atoms with Crippen LogP contribution in [0.4, 0.5) is 4.79 Å². The lowest BCUT2D eigenvalue weighted by atomic mass is 10.2. The Morgan fingerprint density at radius 2 is 2.06 bits per heavy atom. The maximum Gasteiger partial charge on any atom is 0.422 e. The van der Waals surface area contributed by atoms with Gasteiger partial charge in [-0.25, -0.2) is 9.80 Å². The smallest absolute Gasteiger partial charge is 0.422 e. The van der Waals surface area contributed by atoms with Crippen molar-refractivity contribution in [3.05, 3.63) is 35.9 Å². The second kappa shape index (κ2) is 7.68. The number of hydrogen-bond donors (Lipinski definition) is 2. The lowest BCUT2D eigenvalue weighted by Crippen LogP contribution is -2.47. The van der Waals surface area contributed by atoms with Crippen molar-refractivity contribution in [1.29, 1.82) is 0 Å². The number of carbonyl (C=O) groups is 1. The molecule has 0 aromatic heterocycles. The Morgan fingerprint density at radius 1 is 1.39 bits per heavy atom. The molecule has 0 aliphatic carbocycles. The Balaban J connectivity index is 2.36. The van der Waals surface area contributed by atoms with E-state index >= 15 is 0 Å². The van der Waals surface area contributed by atoms with Gasteiger partial charge < -0.3 is 9.84 Å². The number of hydrogen-bond acceptors (Lipinski definition) is 4. The van der Waals surface area contributed by atoms with E-state index in [9.17, 15) is 4.79 Å². The maximum absolute atomic E-state index is 11.5. The van der Waals surface area contributed by atoms with Gasteiger partial charge in [-0.3, -0.25) is 5.43 Å². The van der Waals surface area contributed by atoms with Gasteiger partial charge in [0.2, 0.25) is 0 Å². The molecule has 0 aliphatic heterocycles. The highest BCUT2D eigenvalue weighted by Gasteiger charge is 2.12. The number of nitrogens with one attached hydrogen (secondary N) is 1. The predicted octanol–water partition coefficient (Wildman–Crippen LogP) is 1.53. The second-order valence-corrected chi connectivity index (χ2v) is 4.18. The van der Waals surface area contributed by atoms with Gasteiger partial charge in [0, 0.05) is 12.6 Å². The van der Waals surface area contributed by atoms with Gasteiger partial charge in [0.05, 0.1) is 6.61 Å². The minimum absolute atomic E-state index is 0.0167. The van der Waals surface area contributed by atoms with Gasteiger partial charge in [0.25, 0.3) is 0 Å². The van der Waals surface area contributed by atoms with Gasteiger partial charge in [0.1, 0.15) is 6.61 Å². The number of ether oxygens (including phenoxy) is 1. The van der Waals surface area contributed by atoms with Crippen molar-refractivity contribution in [2.75, 3.05) is 13.2 Å². The first-order chi connectivity index (χ1) is 8.63. The van der Waals surface area contributed by atoms with Crippen LogP contribution in [0.3, 0.4) is 0 Å². The summed E-state index contributed by atoms with van der Waals surface area (Å²) in [6.07, 6.45) is -0.513. The molecule has 5 nitrogen and oxygen atoms in total. The quantitative estimate of drug-likeness (QED) is 0.754. The summed E-state index contributed by atoms with van der Waals surface area (Å²) in [5.74, 6) is 0. The lowest BCUT2D eigenvalue weighted by molar-refractivity contribution is 0.0743. The molecule has 0 saturated carbocycles. The van der Waals surface area contributed by atoms with E-state index in [1.807, 2.05) is 44.2 Å². The zero-order valence-corrected chi connectivity index (χ0v) is 10.8. The number of benzene rings is 1. The standard InChI is InChI=1S/C13H20N2O3/c1-11(2)15(8-9-16)14-13(17)18-10-12-6-4-3-5-7-12/h3-7,11,16H,8-10H2,1-2H3,(H,14,17). The summed E-state index contributed by atoms with van der Waals surface area (Å²) in [7, 11) is 0. The van der Waals surface area contributed by atoms with Crippen LogP contribution in [0, 0.1) is 0 Å². The first-order valence-electron chi connectivity index (χ1n) is 5.98. The Bertz CT molecular complexity index is 355. The molecular weight excluding hydrogens is 232 g/mol. The number of carbonyl (C=O) groups excluding carboxylic acids is 1. The largest absolute Gasteiger partial charge is 0.444 e. The molecule has 100 valence electrons. The molecule has 2 N–H and O–H groups in total. The molecule has 0 radical (unpaired) electrons. The van der Waals surface area contributed by atoms with E-state index in [2.05, 4.69) is 5.43 Å². The van der Waals surface area contributed by atoms with Gasteiger partial charge >= 0.3 is 6.09 Å². The number of amides is 1. The summed E-state index contributed by atoms with van der Waals surface area (Å²) in [5.41, 5.74) is 3.54. The zero-order valence-electron chi connectivity index (χ0n) is 10.8. The van der Waals surface area contributed by atoms with Crippen LogP contribution in [-0.2, 0) is 11.3 Å². The number of nitrogens with zero attached hydrogens (tertiary/aromatic N) is 1. The molecule has 0 unspecified atom stereocenters. The van der Waals surface area contributed by atoms with E-state index in [1.54, 1.807) is 5.01 Å². The monoisotopic (exact) mass is 252 g/mol. The second-order valence-electron chi connectivity index (χ2n) is 4.18. The number of hydrazine groups is 1. The Kier molecular flexibility index (Phi) is 6.18. The third-order valence-electron chi connectivity index (χ3n) is 2.41. The first-order valence-corrected chi connectivity index (χ1v) is 5.98. The molecule has 0 atom stereocenters. The van der Waals surface area contributed by atoms with Crippen LogP contribution in [-0.4, -0.2) is 35.4 Å². The Morgan fingerprint density at radius 3 is 2.61 bits per heavy atom. The van der Waals surface area contributed by atoms with Crippen molar-refractivity contribution in [2.45, 2.75) is 26.5 Å². The maximum atomic E-state index is 11.5. The van der Waals surface area contributed by atoms with Gasteiger partial charge in [-0.2, -0.15) is 0 Å². The fraction of sp³-hybridized carbons (Fsp3) is 0.462. The van der Waals surface area contributed by atoms with Crippen molar-refractivity contribution in [1.82, 2.24) is 10.4 Å². The molecular formula is C13H20N2O3. The number of aliphatic hydroxyl groups excluding tert-OH is 1. The van der Waals surface area contributed by atoms with E-state index in [-0.39, 0.29) is 19.3 Å². The van der Waals surface area contributed by atoms with E-state index < -0.39 is 6.09 Å². The topological polar surface area (TPSA) is 61.8 Å². The number of aliphatic hydroxyl groups is 1. The minimum Gasteiger partial charge on any atom is -0.444 e. The molecule has 1 aromatic carbocycles. The van der Waals surface area contributed by atoms with Crippen LogP contribution in [0.15, 0.2) is 30.3 Å². The molecule has 18 heavy (non-hydrogen) atoms. The lowest BCUT2D eigenvalue weighted by Gasteiger charge is -2.25. The van der Waals surface area contributed by atoms with Crippen LogP contribution in [0.5, 0.6) is 0 Å². The zero-order chi connectivity index (χ0) is 13.4. The van der Waals surface area contributed by atoms with Crippen molar-refractivity contribution < 1.29 is 14.6 Å². The summed E-state index contributed by atoms with van der Waals surface area (Å²) in [6, 6.07) is 9.57. The van der Waals surface area contributed by atoms with Crippen molar-refractivity contribution >= 4 is 6.09 Å². The fourth-order valence-electron chi connectivity index (χ4n) is 1.42. The van der Waals surface area contributed by atoms with Crippen molar-refractivity contribution in [3.63, 3.8) is 0 Å². The van der Waals surface area contributed by atoms with Crippen LogP contribution < -0.4 is 5.43 Å². The molecule has 1 amide bonds. The molecule has 0 spiro atoms. The summed E-state index contributed by atoms with van der Waals surface area (Å²) in [4.78, 5) is 11.5. The normalized spacial score (nSPS) is 10.7. The molecule has 0 fully saturated rings. The van der Waals surface area contributed by atoms with E-state index in [4.69, 9.17) is 9.84 Å².